The lowest BCUT2D eigenvalue weighted by Gasteiger charge is -2.37. The van der Waals surface area contributed by atoms with E-state index in [9.17, 15) is 8.42 Å². The Morgan fingerprint density at radius 3 is 2.62 bits per heavy atom. The van der Waals surface area contributed by atoms with Crippen LogP contribution in [0.25, 0.3) is 0 Å². The zero-order valence-corrected chi connectivity index (χ0v) is 13.7. The van der Waals surface area contributed by atoms with Gasteiger partial charge in [0.05, 0.1) is 12.2 Å². The first kappa shape index (κ1) is 14.6. The first-order valence-electron chi connectivity index (χ1n) is 6.81. The molecule has 0 spiro atoms. The fourth-order valence-corrected chi connectivity index (χ4v) is 5.27. The summed E-state index contributed by atoms with van der Waals surface area (Å²) in [4.78, 5) is 2.09. The number of para-hydroxylation sites is 1. The summed E-state index contributed by atoms with van der Waals surface area (Å²) in [7, 11) is 0.516. The van der Waals surface area contributed by atoms with Gasteiger partial charge in [0.15, 0.2) is 0 Å². The van der Waals surface area contributed by atoms with Crippen molar-refractivity contribution < 1.29 is 8.42 Å². The number of fused-ring (bicyclic) bond motifs is 1. The van der Waals surface area contributed by atoms with Crippen molar-refractivity contribution in [3.63, 3.8) is 0 Å². The first-order valence-corrected chi connectivity index (χ1v) is 9.12. The minimum atomic E-state index is -3.47. The molecule has 0 radical (unpaired) electrons. The Morgan fingerprint density at radius 1 is 1.19 bits per heavy atom. The van der Waals surface area contributed by atoms with Gasteiger partial charge in [-0.05, 0) is 43.6 Å². The van der Waals surface area contributed by atoms with Crippen LogP contribution in [0.3, 0.4) is 0 Å². The van der Waals surface area contributed by atoms with E-state index in [-0.39, 0.29) is 6.04 Å². The van der Waals surface area contributed by atoms with Gasteiger partial charge in [-0.3, -0.25) is 4.31 Å². The Balaban J connectivity index is 2.09. The molecule has 112 valence electrons. The van der Waals surface area contributed by atoms with Gasteiger partial charge in [0.2, 0.25) is 0 Å². The summed E-state index contributed by atoms with van der Waals surface area (Å²) in [5.41, 5.74) is 1.89. The van der Waals surface area contributed by atoms with E-state index in [1.54, 1.807) is 21.8 Å². The molecule has 0 saturated heterocycles. The van der Waals surface area contributed by atoms with Crippen LogP contribution in [0.1, 0.15) is 5.56 Å². The number of hydrogen-bond acceptors (Lipinski definition) is 4. The van der Waals surface area contributed by atoms with E-state index < -0.39 is 10.0 Å². The second kappa shape index (κ2) is 5.44. The van der Waals surface area contributed by atoms with Gasteiger partial charge in [-0.2, -0.15) is 0 Å². The van der Waals surface area contributed by atoms with E-state index in [1.807, 2.05) is 38.4 Å². The van der Waals surface area contributed by atoms with Gasteiger partial charge in [0.25, 0.3) is 10.0 Å². The number of benzene rings is 1. The van der Waals surface area contributed by atoms with Crippen molar-refractivity contribution >= 4 is 27.0 Å². The molecule has 2 aromatic rings. The summed E-state index contributed by atoms with van der Waals surface area (Å²) in [6.07, 6.45) is 0.875. The predicted octanol–water partition coefficient (Wildman–Crippen LogP) is 2.43. The average Bonchev–Trinajstić information content (AvgIpc) is 3.00. The first-order chi connectivity index (χ1) is 10.00. The van der Waals surface area contributed by atoms with Gasteiger partial charge in [-0.25, -0.2) is 8.42 Å². The van der Waals surface area contributed by atoms with Crippen LogP contribution in [0.2, 0.25) is 0 Å². The maximum atomic E-state index is 12.9. The lowest BCUT2D eigenvalue weighted by atomic mass is 9.99. The quantitative estimate of drug-likeness (QED) is 0.871. The molecule has 1 aromatic carbocycles. The summed E-state index contributed by atoms with van der Waals surface area (Å²) in [6.45, 7) is 0.490. The molecule has 21 heavy (non-hydrogen) atoms. The molecule has 0 N–H and O–H groups in total. The Labute approximate surface area is 129 Å². The molecule has 2 heterocycles. The zero-order valence-electron chi connectivity index (χ0n) is 12.1. The van der Waals surface area contributed by atoms with Crippen LogP contribution in [-0.2, 0) is 16.4 Å². The Kier molecular flexibility index (Phi) is 3.77. The lowest BCUT2D eigenvalue weighted by molar-refractivity contribution is 0.293. The number of thiophene rings is 1. The summed E-state index contributed by atoms with van der Waals surface area (Å²) in [5, 5.41) is 1.80. The minimum Gasteiger partial charge on any atom is -0.304 e. The smallest absolute Gasteiger partial charge is 0.273 e. The molecule has 0 saturated carbocycles. The topological polar surface area (TPSA) is 40.6 Å². The lowest BCUT2D eigenvalue weighted by Crippen LogP contribution is -2.47. The molecule has 0 fully saturated rings. The summed E-state index contributed by atoms with van der Waals surface area (Å²) >= 11 is 1.26. The molecule has 0 unspecified atom stereocenters. The molecular weight excluding hydrogens is 304 g/mol. The van der Waals surface area contributed by atoms with E-state index in [0.29, 0.717) is 10.8 Å². The van der Waals surface area contributed by atoms with Crippen molar-refractivity contribution in [3.8, 4) is 0 Å². The van der Waals surface area contributed by atoms with E-state index in [1.165, 1.54) is 11.3 Å². The van der Waals surface area contributed by atoms with Crippen LogP contribution in [0.15, 0.2) is 46.0 Å². The molecule has 1 aromatic heterocycles. The highest BCUT2D eigenvalue weighted by Gasteiger charge is 2.34. The number of sulfonamides is 1. The third kappa shape index (κ3) is 2.59. The van der Waals surface area contributed by atoms with Crippen molar-refractivity contribution in [2.45, 2.75) is 16.7 Å². The third-order valence-corrected chi connectivity index (χ3v) is 7.01. The van der Waals surface area contributed by atoms with Gasteiger partial charge in [0.1, 0.15) is 4.21 Å². The van der Waals surface area contributed by atoms with Crippen molar-refractivity contribution in [1.29, 1.82) is 0 Å². The van der Waals surface area contributed by atoms with Gasteiger partial charge >= 0.3 is 0 Å². The number of anilines is 1. The highest BCUT2D eigenvalue weighted by atomic mass is 32.2. The Hall–Kier alpha value is -1.37. The van der Waals surface area contributed by atoms with E-state index in [2.05, 4.69) is 4.90 Å². The van der Waals surface area contributed by atoms with Crippen molar-refractivity contribution in [3.05, 3.63) is 47.3 Å². The number of rotatable bonds is 3. The summed E-state index contributed by atoms with van der Waals surface area (Å²) in [6, 6.07) is 11.4. The van der Waals surface area contributed by atoms with Crippen molar-refractivity contribution in [1.82, 2.24) is 4.90 Å². The number of likely N-dealkylation sites (N-methyl/N-ethyl adjacent to an activating group) is 1. The second-order valence-electron chi connectivity index (χ2n) is 5.42. The molecule has 6 heteroatoms. The second-order valence-corrected chi connectivity index (χ2v) is 8.46. The Bertz CT molecular complexity index is 724. The predicted molar refractivity (Wildman–Crippen MR) is 86.5 cm³/mol. The van der Waals surface area contributed by atoms with Crippen molar-refractivity contribution in [2.75, 3.05) is 24.9 Å². The zero-order chi connectivity index (χ0) is 15.0. The standard InChI is InChI=1S/C15H18N2O2S2/c1-16(2)13-10-12-6-3-4-7-14(12)17(11-13)21(18,19)15-8-5-9-20-15/h3-9,13H,10-11H2,1-2H3/t13-/m0/s1. The number of nitrogens with zero attached hydrogens (tertiary/aromatic N) is 2. The summed E-state index contributed by atoms with van der Waals surface area (Å²) < 4.78 is 27.8. The molecule has 1 aliphatic rings. The van der Waals surface area contributed by atoms with E-state index >= 15 is 0 Å². The molecule has 4 nitrogen and oxygen atoms in total. The third-order valence-electron chi connectivity index (χ3n) is 3.86. The van der Waals surface area contributed by atoms with Gasteiger partial charge in [-0.15, -0.1) is 11.3 Å². The van der Waals surface area contributed by atoms with Crippen LogP contribution in [-0.4, -0.2) is 40.0 Å². The van der Waals surface area contributed by atoms with Gasteiger partial charge in [-0.1, -0.05) is 24.3 Å². The van der Waals surface area contributed by atoms with Crippen LogP contribution >= 0.6 is 11.3 Å². The van der Waals surface area contributed by atoms with E-state index in [4.69, 9.17) is 0 Å². The highest BCUT2D eigenvalue weighted by Crippen LogP contribution is 2.33. The fraction of sp³-hybridized carbons (Fsp3) is 0.333. The van der Waals surface area contributed by atoms with E-state index in [0.717, 1.165) is 17.7 Å². The summed E-state index contributed by atoms with van der Waals surface area (Å²) in [5.74, 6) is 0. The maximum Gasteiger partial charge on any atom is 0.273 e. The monoisotopic (exact) mass is 322 g/mol. The molecule has 3 rings (SSSR count). The van der Waals surface area contributed by atoms with Gasteiger partial charge < -0.3 is 4.90 Å². The molecule has 1 atom stereocenters. The average molecular weight is 322 g/mol. The molecular formula is C15H18N2O2S2. The largest absolute Gasteiger partial charge is 0.304 e. The van der Waals surface area contributed by atoms with Crippen LogP contribution < -0.4 is 4.31 Å². The van der Waals surface area contributed by atoms with Crippen molar-refractivity contribution in [2.24, 2.45) is 0 Å². The molecule has 0 amide bonds. The SMILES string of the molecule is CN(C)[C@H]1Cc2ccccc2N(S(=O)(=O)c2cccs2)C1. The van der Waals surface area contributed by atoms with Gasteiger partial charge in [0, 0.05) is 6.04 Å². The fourth-order valence-electron chi connectivity index (χ4n) is 2.63. The minimum absolute atomic E-state index is 0.189. The van der Waals surface area contributed by atoms with Crippen LogP contribution in [0.4, 0.5) is 5.69 Å². The van der Waals surface area contributed by atoms with Crippen LogP contribution in [0, 0.1) is 0 Å². The normalized spacial score (nSPS) is 18.8. The molecule has 0 aliphatic carbocycles. The Morgan fingerprint density at radius 2 is 1.95 bits per heavy atom. The maximum absolute atomic E-state index is 12.9. The molecule has 1 aliphatic heterocycles. The highest BCUT2D eigenvalue weighted by molar-refractivity contribution is 7.94. The van der Waals surface area contributed by atoms with Crippen LogP contribution in [0.5, 0.6) is 0 Å². The molecule has 0 bridgehead atoms. The number of hydrogen-bond donors (Lipinski definition) is 0.